The molecule has 0 aliphatic carbocycles. The van der Waals surface area contributed by atoms with Crippen molar-refractivity contribution in [1.29, 1.82) is 0 Å². The Morgan fingerprint density at radius 2 is 1.50 bits per heavy atom. The highest BCUT2D eigenvalue weighted by Gasteiger charge is 2.21. The topological polar surface area (TPSA) is 6.48 Å². The molecule has 0 atom stereocenters. The lowest BCUT2D eigenvalue weighted by molar-refractivity contribution is 0.310. The standard InChI is InChI=1S/C14H20F2N2/c1-10(2)11-8-12(15)14(13(16)9-11)18-6-4-17(3)5-7-18/h8-10H,4-7H2,1-3H3. The van der Waals surface area contributed by atoms with E-state index in [0.717, 1.165) is 13.1 Å². The second-order valence-electron chi connectivity index (χ2n) is 5.28. The van der Waals surface area contributed by atoms with Crippen molar-refractivity contribution in [3.63, 3.8) is 0 Å². The van der Waals surface area contributed by atoms with Gasteiger partial charge in [0.15, 0.2) is 0 Å². The van der Waals surface area contributed by atoms with Crippen molar-refractivity contribution < 1.29 is 8.78 Å². The fraction of sp³-hybridized carbons (Fsp3) is 0.571. The third kappa shape index (κ3) is 2.64. The van der Waals surface area contributed by atoms with Crippen molar-refractivity contribution in [3.8, 4) is 0 Å². The summed E-state index contributed by atoms with van der Waals surface area (Å²) in [6, 6.07) is 2.92. The van der Waals surface area contributed by atoms with Crippen LogP contribution in [0.2, 0.25) is 0 Å². The summed E-state index contributed by atoms with van der Waals surface area (Å²) in [5.41, 5.74) is 0.843. The van der Waals surface area contributed by atoms with Crippen LogP contribution in [0.1, 0.15) is 25.3 Å². The molecule has 1 saturated heterocycles. The van der Waals surface area contributed by atoms with Gasteiger partial charge in [0.2, 0.25) is 0 Å². The van der Waals surface area contributed by atoms with Gasteiger partial charge in [-0.2, -0.15) is 0 Å². The van der Waals surface area contributed by atoms with Crippen molar-refractivity contribution in [2.24, 2.45) is 0 Å². The van der Waals surface area contributed by atoms with E-state index in [9.17, 15) is 8.78 Å². The van der Waals surface area contributed by atoms with Gasteiger partial charge in [-0.15, -0.1) is 0 Å². The third-order valence-corrected chi connectivity index (χ3v) is 3.53. The van der Waals surface area contributed by atoms with E-state index in [1.807, 2.05) is 20.9 Å². The molecule has 0 bridgehead atoms. The number of rotatable bonds is 2. The highest BCUT2D eigenvalue weighted by molar-refractivity contribution is 5.51. The average Bonchev–Trinajstić information content (AvgIpc) is 2.30. The molecule has 18 heavy (non-hydrogen) atoms. The highest BCUT2D eigenvalue weighted by atomic mass is 19.1. The van der Waals surface area contributed by atoms with Crippen LogP contribution in [-0.4, -0.2) is 38.1 Å². The Morgan fingerprint density at radius 3 is 1.94 bits per heavy atom. The molecule has 0 unspecified atom stereocenters. The van der Waals surface area contributed by atoms with Crippen LogP contribution in [-0.2, 0) is 0 Å². The van der Waals surface area contributed by atoms with E-state index in [4.69, 9.17) is 0 Å². The van der Waals surface area contributed by atoms with Gasteiger partial charge in [0.05, 0.1) is 0 Å². The lowest BCUT2D eigenvalue weighted by Crippen LogP contribution is -2.45. The highest BCUT2D eigenvalue weighted by Crippen LogP contribution is 2.28. The van der Waals surface area contributed by atoms with E-state index in [1.54, 1.807) is 4.90 Å². The molecule has 0 amide bonds. The first kappa shape index (κ1) is 13.3. The molecule has 0 saturated carbocycles. The van der Waals surface area contributed by atoms with Crippen molar-refractivity contribution in [3.05, 3.63) is 29.3 Å². The summed E-state index contributed by atoms with van der Waals surface area (Å²) < 4.78 is 28.1. The van der Waals surface area contributed by atoms with Gasteiger partial charge in [-0.25, -0.2) is 8.78 Å². The Labute approximate surface area is 107 Å². The second-order valence-corrected chi connectivity index (χ2v) is 5.28. The number of anilines is 1. The van der Waals surface area contributed by atoms with Gasteiger partial charge in [0.1, 0.15) is 17.3 Å². The Bertz CT molecular complexity index is 401. The molecule has 0 N–H and O–H groups in total. The predicted octanol–water partition coefficient (Wildman–Crippen LogP) is 2.84. The molecule has 100 valence electrons. The first-order valence-corrected chi connectivity index (χ1v) is 6.41. The second kappa shape index (κ2) is 5.22. The largest absolute Gasteiger partial charge is 0.364 e. The predicted molar refractivity (Wildman–Crippen MR) is 70.2 cm³/mol. The van der Waals surface area contributed by atoms with E-state index in [-0.39, 0.29) is 11.6 Å². The molecule has 1 fully saturated rings. The fourth-order valence-electron chi connectivity index (χ4n) is 2.25. The fourth-order valence-corrected chi connectivity index (χ4v) is 2.25. The van der Waals surface area contributed by atoms with E-state index in [1.165, 1.54) is 12.1 Å². The minimum absolute atomic E-state index is 0.132. The van der Waals surface area contributed by atoms with E-state index < -0.39 is 11.6 Å². The van der Waals surface area contributed by atoms with Crippen molar-refractivity contribution in [1.82, 2.24) is 4.90 Å². The van der Waals surface area contributed by atoms with Gasteiger partial charge in [-0.3, -0.25) is 0 Å². The summed E-state index contributed by atoms with van der Waals surface area (Å²) in [6.07, 6.45) is 0. The van der Waals surface area contributed by atoms with Crippen molar-refractivity contribution >= 4 is 5.69 Å². The number of likely N-dealkylation sites (N-methyl/N-ethyl adjacent to an activating group) is 1. The number of halogens is 2. The van der Waals surface area contributed by atoms with Crippen molar-refractivity contribution in [2.75, 3.05) is 38.1 Å². The van der Waals surface area contributed by atoms with Crippen LogP contribution >= 0.6 is 0 Å². The molecule has 1 heterocycles. The van der Waals surface area contributed by atoms with Gasteiger partial charge in [-0.05, 0) is 30.7 Å². The molecule has 4 heteroatoms. The van der Waals surface area contributed by atoms with Crippen LogP contribution in [0, 0.1) is 11.6 Å². The van der Waals surface area contributed by atoms with Crippen LogP contribution in [0.3, 0.4) is 0 Å². The maximum atomic E-state index is 14.1. The van der Waals surface area contributed by atoms with E-state index >= 15 is 0 Å². The average molecular weight is 254 g/mol. The monoisotopic (exact) mass is 254 g/mol. The summed E-state index contributed by atoms with van der Waals surface area (Å²) in [4.78, 5) is 3.96. The van der Waals surface area contributed by atoms with E-state index in [2.05, 4.69) is 4.90 Å². The quantitative estimate of drug-likeness (QED) is 0.800. The maximum Gasteiger partial charge on any atom is 0.149 e. The Kier molecular flexibility index (Phi) is 3.85. The van der Waals surface area contributed by atoms with Crippen LogP contribution in [0.5, 0.6) is 0 Å². The summed E-state index contributed by atoms with van der Waals surface area (Å²) in [6.45, 7) is 6.89. The Morgan fingerprint density at radius 1 is 1.00 bits per heavy atom. The molecule has 2 rings (SSSR count). The lowest BCUT2D eigenvalue weighted by Gasteiger charge is -2.34. The van der Waals surface area contributed by atoms with Gasteiger partial charge >= 0.3 is 0 Å². The molecular formula is C14H20F2N2. The zero-order valence-electron chi connectivity index (χ0n) is 11.2. The number of hydrogen-bond acceptors (Lipinski definition) is 2. The van der Waals surface area contributed by atoms with Crippen LogP contribution < -0.4 is 4.90 Å². The number of piperazine rings is 1. The summed E-state index contributed by atoms with van der Waals surface area (Å²) in [5.74, 6) is -0.748. The number of hydrogen-bond donors (Lipinski definition) is 0. The zero-order chi connectivity index (χ0) is 13.3. The minimum atomic E-state index is -0.441. The SMILES string of the molecule is CC(C)c1cc(F)c(N2CCN(C)CC2)c(F)c1. The Hall–Kier alpha value is -1.16. The molecule has 1 aliphatic rings. The summed E-state index contributed by atoms with van der Waals surface area (Å²) in [7, 11) is 2.02. The molecular weight excluding hydrogens is 234 g/mol. The molecule has 1 aromatic carbocycles. The van der Waals surface area contributed by atoms with Crippen LogP contribution in [0.25, 0.3) is 0 Å². The van der Waals surface area contributed by atoms with Gasteiger partial charge in [-0.1, -0.05) is 13.8 Å². The normalized spacial score (nSPS) is 17.6. The molecule has 1 aromatic rings. The molecule has 2 nitrogen and oxygen atoms in total. The smallest absolute Gasteiger partial charge is 0.149 e. The first-order chi connectivity index (χ1) is 8.49. The maximum absolute atomic E-state index is 14.1. The summed E-state index contributed by atoms with van der Waals surface area (Å²) >= 11 is 0. The molecule has 0 aromatic heterocycles. The summed E-state index contributed by atoms with van der Waals surface area (Å²) in [5, 5.41) is 0. The number of benzene rings is 1. The minimum Gasteiger partial charge on any atom is -0.364 e. The van der Waals surface area contributed by atoms with Gasteiger partial charge in [0.25, 0.3) is 0 Å². The van der Waals surface area contributed by atoms with Crippen LogP contribution in [0.15, 0.2) is 12.1 Å². The van der Waals surface area contributed by atoms with Crippen LogP contribution in [0.4, 0.5) is 14.5 Å². The van der Waals surface area contributed by atoms with Gasteiger partial charge in [0, 0.05) is 26.2 Å². The first-order valence-electron chi connectivity index (χ1n) is 6.41. The molecule has 0 radical (unpaired) electrons. The van der Waals surface area contributed by atoms with Crippen molar-refractivity contribution in [2.45, 2.75) is 19.8 Å². The van der Waals surface area contributed by atoms with Gasteiger partial charge < -0.3 is 9.80 Å². The Balaban J connectivity index is 2.28. The third-order valence-electron chi connectivity index (χ3n) is 3.53. The van der Waals surface area contributed by atoms with E-state index in [0.29, 0.717) is 18.7 Å². The zero-order valence-corrected chi connectivity index (χ0v) is 11.2. The molecule has 1 aliphatic heterocycles. The number of nitrogens with zero attached hydrogens (tertiary/aromatic N) is 2. The lowest BCUT2D eigenvalue weighted by atomic mass is 10.0. The molecule has 0 spiro atoms.